The Balaban J connectivity index is 1.97. The SMILES string of the molecule is Cc1c(N2CCNCC2)cnn1-c1ccccc1Cl. The highest BCUT2D eigenvalue weighted by Gasteiger charge is 2.17. The first-order valence-electron chi connectivity index (χ1n) is 6.52. The van der Waals surface area contributed by atoms with Crippen LogP contribution in [-0.2, 0) is 0 Å². The zero-order chi connectivity index (χ0) is 13.2. The average molecular weight is 277 g/mol. The van der Waals surface area contributed by atoms with E-state index in [-0.39, 0.29) is 0 Å². The first-order chi connectivity index (χ1) is 9.27. The molecule has 1 saturated heterocycles. The van der Waals surface area contributed by atoms with Gasteiger partial charge in [0.1, 0.15) is 0 Å². The van der Waals surface area contributed by atoms with Crippen LogP contribution in [0.1, 0.15) is 5.69 Å². The standard InChI is InChI=1S/C14H17ClN4/c1-11-14(18-8-6-16-7-9-18)10-17-19(11)13-5-3-2-4-12(13)15/h2-5,10,16H,6-9H2,1H3. The van der Waals surface area contributed by atoms with Crippen molar-refractivity contribution >= 4 is 17.3 Å². The fraction of sp³-hybridized carbons (Fsp3) is 0.357. The smallest absolute Gasteiger partial charge is 0.0835 e. The van der Waals surface area contributed by atoms with E-state index in [1.807, 2.05) is 35.1 Å². The van der Waals surface area contributed by atoms with Gasteiger partial charge in [-0.25, -0.2) is 4.68 Å². The van der Waals surface area contributed by atoms with E-state index in [2.05, 4.69) is 22.2 Å². The Labute approximate surface area is 118 Å². The summed E-state index contributed by atoms with van der Waals surface area (Å²) in [5, 5.41) is 8.58. The highest BCUT2D eigenvalue weighted by molar-refractivity contribution is 6.32. The number of piperazine rings is 1. The number of hydrogen-bond donors (Lipinski definition) is 1. The van der Waals surface area contributed by atoms with Gasteiger partial charge in [0.25, 0.3) is 0 Å². The maximum absolute atomic E-state index is 6.24. The van der Waals surface area contributed by atoms with E-state index < -0.39 is 0 Å². The molecule has 1 aliphatic rings. The largest absolute Gasteiger partial charge is 0.366 e. The van der Waals surface area contributed by atoms with Crippen LogP contribution in [0.15, 0.2) is 30.5 Å². The van der Waals surface area contributed by atoms with E-state index >= 15 is 0 Å². The molecule has 3 rings (SSSR count). The quantitative estimate of drug-likeness (QED) is 0.913. The Kier molecular flexibility index (Phi) is 3.44. The van der Waals surface area contributed by atoms with Crippen molar-refractivity contribution in [2.45, 2.75) is 6.92 Å². The van der Waals surface area contributed by atoms with Crippen molar-refractivity contribution in [2.75, 3.05) is 31.1 Å². The van der Waals surface area contributed by atoms with Gasteiger partial charge in [-0.3, -0.25) is 0 Å². The fourth-order valence-electron chi connectivity index (χ4n) is 2.48. The van der Waals surface area contributed by atoms with E-state index in [9.17, 15) is 0 Å². The number of benzene rings is 1. The molecule has 5 heteroatoms. The molecule has 1 N–H and O–H groups in total. The van der Waals surface area contributed by atoms with Crippen LogP contribution < -0.4 is 10.2 Å². The van der Waals surface area contributed by atoms with Gasteiger partial charge in [-0.2, -0.15) is 5.10 Å². The lowest BCUT2D eigenvalue weighted by molar-refractivity contribution is 0.588. The molecule has 0 saturated carbocycles. The molecule has 0 atom stereocenters. The first-order valence-corrected chi connectivity index (χ1v) is 6.90. The van der Waals surface area contributed by atoms with Gasteiger partial charge in [0.15, 0.2) is 0 Å². The van der Waals surface area contributed by atoms with Gasteiger partial charge in [-0.1, -0.05) is 23.7 Å². The summed E-state index contributed by atoms with van der Waals surface area (Å²) in [6.45, 7) is 6.19. The third-order valence-corrected chi connectivity index (χ3v) is 3.84. The topological polar surface area (TPSA) is 33.1 Å². The van der Waals surface area contributed by atoms with E-state index in [1.165, 1.54) is 5.69 Å². The van der Waals surface area contributed by atoms with Crippen molar-refractivity contribution in [3.8, 4) is 5.69 Å². The van der Waals surface area contributed by atoms with E-state index in [0.29, 0.717) is 0 Å². The lowest BCUT2D eigenvalue weighted by Gasteiger charge is -2.28. The number of anilines is 1. The highest BCUT2D eigenvalue weighted by atomic mass is 35.5. The van der Waals surface area contributed by atoms with Crippen LogP contribution in [0.4, 0.5) is 5.69 Å². The molecule has 1 fully saturated rings. The van der Waals surface area contributed by atoms with Crippen molar-refractivity contribution in [1.29, 1.82) is 0 Å². The van der Waals surface area contributed by atoms with Crippen LogP contribution in [0.3, 0.4) is 0 Å². The van der Waals surface area contributed by atoms with Crippen LogP contribution >= 0.6 is 11.6 Å². The van der Waals surface area contributed by atoms with Crippen LogP contribution in [0.5, 0.6) is 0 Å². The monoisotopic (exact) mass is 276 g/mol. The minimum Gasteiger partial charge on any atom is -0.366 e. The Morgan fingerprint density at radius 3 is 2.63 bits per heavy atom. The van der Waals surface area contributed by atoms with E-state index in [1.54, 1.807) is 0 Å². The van der Waals surface area contributed by atoms with Crippen LogP contribution in [0, 0.1) is 6.92 Å². The zero-order valence-electron chi connectivity index (χ0n) is 10.9. The fourth-order valence-corrected chi connectivity index (χ4v) is 2.70. The number of hydrogen-bond acceptors (Lipinski definition) is 3. The van der Waals surface area contributed by atoms with Gasteiger partial charge in [-0.15, -0.1) is 0 Å². The Morgan fingerprint density at radius 2 is 1.89 bits per heavy atom. The Hall–Kier alpha value is -1.52. The predicted molar refractivity (Wildman–Crippen MR) is 78.4 cm³/mol. The van der Waals surface area contributed by atoms with Gasteiger partial charge in [0.05, 0.1) is 28.3 Å². The third-order valence-electron chi connectivity index (χ3n) is 3.52. The van der Waals surface area contributed by atoms with E-state index in [0.717, 1.165) is 42.6 Å². The van der Waals surface area contributed by atoms with Gasteiger partial charge < -0.3 is 10.2 Å². The number of aromatic nitrogens is 2. The predicted octanol–water partition coefficient (Wildman–Crippen LogP) is 2.24. The second kappa shape index (κ2) is 5.23. The minimum atomic E-state index is 0.723. The van der Waals surface area contributed by atoms with Crippen molar-refractivity contribution in [3.63, 3.8) is 0 Å². The maximum Gasteiger partial charge on any atom is 0.0835 e. The number of rotatable bonds is 2. The van der Waals surface area contributed by atoms with Gasteiger partial charge in [0, 0.05) is 26.2 Å². The molecule has 0 unspecified atom stereocenters. The molecular weight excluding hydrogens is 260 g/mol. The van der Waals surface area contributed by atoms with Gasteiger partial charge in [0.2, 0.25) is 0 Å². The number of para-hydroxylation sites is 1. The van der Waals surface area contributed by atoms with Crippen molar-refractivity contribution < 1.29 is 0 Å². The summed E-state index contributed by atoms with van der Waals surface area (Å²) in [4.78, 5) is 2.37. The summed E-state index contributed by atoms with van der Waals surface area (Å²) in [6.07, 6.45) is 1.93. The zero-order valence-corrected chi connectivity index (χ0v) is 11.7. The van der Waals surface area contributed by atoms with Gasteiger partial charge in [-0.05, 0) is 19.1 Å². The normalized spacial score (nSPS) is 15.8. The van der Waals surface area contributed by atoms with Crippen molar-refractivity contribution in [2.24, 2.45) is 0 Å². The number of nitrogens with zero attached hydrogens (tertiary/aromatic N) is 3. The third kappa shape index (κ3) is 2.33. The second-order valence-corrected chi connectivity index (χ2v) is 5.12. The van der Waals surface area contributed by atoms with E-state index in [4.69, 9.17) is 11.6 Å². The molecule has 4 nitrogen and oxygen atoms in total. The summed E-state index contributed by atoms with van der Waals surface area (Å²) in [5.41, 5.74) is 3.26. The molecule has 0 bridgehead atoms. The molecule has 0 radical (unpaired) electrons. The van der Waals surface area contributed by atoms with Crippen molar-refractivity contribution in [3.05, 3.63) is 41.2 Å². The molecule has 1 aromatic carbocycles. The molecule has 0 spiro atoms. The second-order valence-electron chi connectivity index (χ2n) is 4.72. The molecule has 1 aliphatic heterocycles. The Bertz CT molecular complexity index is 573. The minimum absolute atomic E-state index is 0.723. The summed E-state index contributed by atoms with van der Waals surface area (Å²) in [6, 6.07) is 7.79. The first kappa shape index (κ1) is 12.5. The summed E-state index contributed by atoms with van der Waals surface area (Å²) < 4.78 is 1.92. The summed E-state index contributed by atoms with van der Waals surface area (Å²) in [7, 11) is 0. The molecule has 2 heterocycles. The lowest BCUT2D eigenvalue weighted by Crippen LogP contribution is -2.43. The number of halogens is 1. The van der Waals surface area contributed by atoms with Crippen molar-refractivity contribution in [1.82, 2.24) is 15.1 Å². The Morgan fingerprint density at radius 1 is 1.16 bits per heavy atom. The molecule has 19 heavy (non-hydrogen) atoms. The average Bonchev–Trinajstić information content (AvgIpc) is 2.82. The highest BCUT2D eigenvalue weighted by Crippen LogP contribution is 2.26. The lowest BCUT2D eigenvalue weighted by atomic mass is 10.2. The van der Waals surface area contributed by atoms with Gasteiger partial charge >= 0.3 is 0 Å². The molecule has 2 aromatic rings. The maximum atomic E-state index is 6.24. The van der Waals surface area contributed by atoms with Crippen LogP contribution in [0.25, 0.3) is 5.69 Å². The molecule has 0 amide bonds. The molecule has 0 aliphatic carbocycles. The molecular formula is C14H17ClN4. The summed E-state index contributed by atoms with van der Waals surface area (Å²) in [5.74, 6) is 0. The molecule has 100 valence electrons. The van der Waals surface area contributed by atoms with Crippen LogP contribution in [-0.4, -0.2) is 36.0 Å². The summed E-state index contributed by atoms with van der Waals surface area (Å²) >= 11 is 6.24. The molecule has 1 aromatic heterocycles. The van der Waals surface area contributed by atoms with Crippen LogP contribution in [0.2, 0.25) is 5.02 Å². The number of nitrogens with one attached hydrogen (secondary N) is 1.